The van der Waals surface area contributed by atoms with Crippen molar-refractivity contribution in [1.82, 2.24) is 25.2 Å². The molecule has 9 nitrogen and oxygen atoms in total. The molecule has 2 fully saturated rings. The summed E-state index contributed by atoms with van der Waals surface area (Å²) in [6.07, 6.45) is -4.74. The number of hydrogen-bond donors (Lipinski definition) is 2. The van der Waals surface area contributed by atoms with E-state index in [1.807, 2.05) is 23.9 Å². The molecule has 0 radical (unpaired) electrons. The Balaban J connectivity index is 1.56. The summed E-state index contributed by atoms with van der Waals surface area (Å²) in [5.74, 6) is -0.290. The molecule has 0 bridgehead atoms. The van der Waals surface area contributed by atoms with Crippen molar-refractivity contribution in [2.45, 2.75) is 43.1 Å². The largest absolute Gasteiger partial charge is 0.496 e. The number of benzene rings is 2. The second-order valence-corrected chi connectivity index (χ2v) is 10.5. The summed E-state index contributed by atoms with van der Waals surface area (Å²) in [5, 5.41) is 23.2. The van der Waals surface area contributed by atoms with Crippen LogP contribution >= 0.6 is 0 Å². The number of aromatic amines is 1. The monoisotopic (exact) mass is 565 g/mol. The van der Waals surface area contributed by atoms with E-state index in [0.29, 0.717) is 17.9 Å². The first-order valence-electron chi connectivity index (χ1n) is 12.7. The standard InChI is InChI=1S/C27H31F4N5O4/c1-35(2)11-21-22(33-34-32-21)12-36-23(17-4-7-19(28)8-5-17)13-40-26(36)14-25(37,15-39-16-26)20-10-18(27(29,30)31)6-9-24(20)38-3/h4-10,23,37H,11-16H2,1-3H3,(H,32,33,34)/t23-,25+,26?/m1/s1. The highest BCUT2D eigenvalue weighted by atomic mass is 19.4. The Labute approximate surface area is 228 Å². The molecule has 40 heavy (non-hydrogen) atoms. The van der Waals surface area contributed by atoms with Crippen molar-refractivity contribution in [3.8, 4) is 5.75 Å². The van der Waals surface area contributed by atoms with Crippen molar-refractivity contribution in [2.24, 2.45) is 0 Å². The molecule has 1 unspecified atom stereocenters. The molecule has 3 atom stereocenters. The molecule has 2 aliphatic rings. The molecular formula is C27H31F4N5O4. The molecule has 0 saturated carbocycles. The molecular weight excluding hydrogens is 534 g/mol. The van der Waals surface area contributed by atoms with Crippen molar-refractivity contribution < 1.29 is 36.9 Å². The smallest absolute Gasteiger partial charge is 0.416 e. The predicted molar refractivity (Wildman–Crippen MR) is 134 cm³/mol. The van der Waals surface area contributed by atoms with Gasteiger partial charge in [-0.2, -0.15) is 28.6 Å². The van der Waals surface area contributed by atoms with Gasteiger partial charge in [-0.15, -0.1) is 0 Å². The zero-order chi connectivity index (χ0) is 28.7. The van der Waals surface area contributed by atoms with Gasteiger partial charge in [-0.25, -0.2) is 4.39 Å². The highest BCUT2D eigenvalue weighted by Gasteiger charge is 2.56. The fourth-order valence-corrected chi connectivity index (χ4v) is 5.53. The van der Waals surface area contributed by atoms with E-state index in [4.69, 9.17) is 14.2 Å². The highest BCUT2D eigenvalue weighted by molar-refractivity contribution is 5.43. The molecule has 3 heterocycles. The van der Waals surface area contributed by atoms with Crippen LogP contribution in [0, 0.1) is 5.82 Å². The van der Waals surface area contributed by atoms with Crippen LogP contribution in [0.5, 0.6) is 5.75 Å². The topological polar surface area (TPSA) is 96.0 Å². The number of H-pyrrole nitrogens is 1. The first-order chi connectivity index (χ1) is 18.9. The number of halogens is 4. The zero-order valence-corrected chi connectivity index (χ0v) is 22.3. The van der Waals surface area contributed by atoms with E-state index < -0.39 is 23.1 Å². The summed E-state index contributed by atoms with van der Waals surface area (Å²) in [6.45, 7) is 0.680. The van der Waals surface area contributed by atoms with E-state index in [1.165, 1.54) is 25.3 Å². The predicted octanol–water partition coefficient (Wildman–Crippen LogP) is 3.61. The van der Waals surface area contributed by atoms with Gasteiger partial charge in [-0.3, -0.25) is 4.90 Å². The normalized spacial score (nSPS) is 25.7. The number of alkyl halides is 3. The molecule has 2 saturated heterocycles. The number of aliphatic hydroxyl groups is 1. The van der Waals surface area contributed by atoms with E-state index >= 15 is 0 Å². The van der Waals surface area contributed by atoms with E-state index in [-0.39, 0.29) is 56.0 Å². The number of nitrogens with one attached hydrogen (secondary N) is 1. The highest BCUT2D eigenvalue weighted by Crippen LogP contribution is 2.49. The van der Waals surface area contributed by atoms with Crippen LogP contribution in [0.25, 0.3) is 0 Å². The maximum absolute atomic E-state index is 13.8. The molecule has 3 aromatic rings. The van der Waals surface area contributed by atoms with E-state index in [9.17, 15) is 22.7 Å². The fourth-order valence-electron chi connectivity index (χ4n) is 5.53. The summed E-state index contributed by atoms with van der Waals surface area (Å²) in [6, 6.07) is 8.62. The van der Waals surface area contributed by atoms with Gasteiger partial charge < -0.3 is 24.2 Å². The number of hydrogen-bond acceptors (Lipinski definition) is 8. The average molecular weight is 566 g/mol. The molecule has 0 amide bonds. The number of rotatable bonds is 7. The van der Waals surface area contributed by atoms with Gasteiger partial charge >= 0.3 is 6.18 Å². The molecule has 1 aromatic heterocycles. The van der Waals surface area contributed by atoms with Crippen LogP contribution < -0.4 is 4.74 Å². The summed E-state index contributed by atoms with van der Waals surface area (Å²) >= 11 is 0. The first kappa shape index (κ1) is 28.4. The minimum Gasteiger partial charge on any atom is -0.496 e. The van der Waals surface area contributed by atoms with E-state index in [1.54, 1.807) is 12.1 Å². The van der Waals surface area contributed by atoms with Crippen molar-refractivity contribution in [1.29, 1.82) is 0 Å². The van der Waals surface area contributed by atoms with Crippen LogP contribution in [0.4, 0.5) is 17.6 Å². The lowest BCUT2D eigenvalue weighted by Gasteiger charge is -2.47. The van der Waals surface area contributed by atoms with Gasteiger partial charge in [-0.1, -0.05) is 12.1 Å². The minimum absolute atomic E-state index is 0.0369. The van der Waals surface area contributed by atoms with Gasteiger partial charge in [0, 0.05) is 25.1 Å². The Kier molecular flexibility index (Phi) is 7.61. The molecule has 13 heteroatoms. The van der Waals surface area contributed by atoms with Gasteiger partial charge in [0.1, 0.15) is 34.3 Å². The number of methoxy groups -OCH3 is 1. The minimum atomic E-state index is -4.62. The van der Waals surface area contributed by atoms with Crippen molar-refractivity contribution in [3.63, 3.8) is 0 Å². The van der Waals surface area contributed by atoms with Gasteiger partial charge in [0.25, 0.3) is 0 Å². The maximum atomic E-state index is 13.8. The molecule has 2 aliphatic heterocycles. The number of aromatic nitrogens is 3. The third-order valence-electron chi connectivity index (χ3n) is 7.42. The van der Waals surface area contributed by atoms with Gasteiger partial charge in [0.05, 0.1) is 38.5 Å². The van der Waals surface area contributed by atoms with Crippen LogP contribution in [-0.4, -0.2) is 77.1 Å². The Morgan fingerprint density at radius 2 is 1.85 bits per heavy atom. The Hall–Kier alpha value is -3.10. The second kappa shape index (κ2) is 10.7. The quantitative estimate of drug-likeness (QED) is 0.420. The van der Waals surface area contributed by atoms with Crippen LogP contribution in [0.2, 0.25) is 0 Å². The molecule has 2 aromatic carbocycles. The third-order valence-corrected chi connectivity index (χ3v) is 7.42. The fraction of sp³-hybridized carbons (Fsp3) is 0.481. The molecule has 5 rings (SSSR count). The summed E-state index contributed by atoms with van der Waals surface area (Å²) in [7, 11) is 5.13. The van der Waals surface area contributed by atoms with Gasteiger partial charge in [-0.05, 0) is 50.0 Å². The zero-order valence-electron chi connectivity index (χ0n) is 22.3. The lowest BCUT2D eigenvalue weighted by atomic mass is 9.82. The average Bonchev–Trinajstić information content (AvgIpc) is 3.47. The Morgan fingerprint density at radius 1 is 1.12 bits per heavy atom. The molecule has 216 valence electrons. The maximum Gasteiger partial charge on any atom is 0.416 e. The summed E-state index contributed by atoms with van der Waals surface area (Å²) in [5.41, 5.74) is -1.99. The summed E-state index contributed by atoms with van der Waals surface area (Å²) < 4.78 is 72.2. The van der Waals surface area contributed by atoms with Crippen molar-refractivity contribution >= 4 is 0 Å². The SMILES string of the molecule is COc1ccc(C(F)(F)F)cc1[C@@]1(O)COCC2(C1)OC[C@H](c1ccc(F)cc1)N2Cc1n[nH]nc1CN(C)C. The molecule has 2 N–H and O–H groups in total. The first-order valence-corrected chi connectivity index (χ1v) is 12.7. The van der Waals surface area contributed by atoms with Crippen molar-refractivity contribution in [2.75, 3.05) is 41.0 Å². The lowest BCUT2D eigenvalue weighted by molar-refractivity contribution is -0.231. The number of ether oxygens (including phenoxy) is 3. The van der Waals surface area contributed by atoms with E-state index in [0.717, 1.165) is 17.7 Å². The number of nitrogens with zero attached hydrogens (tertiary/aromatic N) is 4. The van der Waals surface area contributed by atoms with Crippen LogP contribution in [0.1, 0.15) is 40.5 Å². The van der Waals surface area contributed by atoms with E-state index in [2.05, 4.69) is 15.4 Å². The van der Waals surface area contributed by atoms with Gasteiger partial charge in [0.15, 0.2) is 0 Å². The Morgan fingerprint density at radius 3 is 2.52 bits per heavy atom. The Bertz CT molecular complexity index is 1340. The van der Waals surface area contributed by atoms with Gasteiger partial charge in [0.2, 0.25) is 0 Å². The lowest BCUT2D eigenvalue weighted by Crippen LogP contribution is -2.58. The summed E-state index contributed by atoms with van der Waals surface area (Å²) in [4.78, 5) is 3.90. The second-order valence-electron chi connectivity index (χ2n) is 10.5. The molecule has 1 spiro atoms. The van der Waals surface area contributed by atoms with Crippen molar-refractivity contribution in [3.05, 3.63) is 76.4 Å². The van der Waals surface area contributed by atoms with Crippen LogP contribution in [-0.2, 0) is 34.3 Å². The van der Waals surface area contributed by atoms with Crippen LogP contribution in [0.3, 0.4) is 0 Å². The third kappa shape index (κ3) is 5.44. The molecule has 0 aliphatic carbocycles. The van der Waals surface area contributed by atoms with Crippen LogP contribution in [0.15, 0.2) is 42.5 Å².